The molecule has 1 saturated heterocycles. The SMILES string of the molecule is Cc1cc(F)c(CNC(=O)c2cn3c(c(O)c2=O)C(=O)N2CCC[C@H]4C[C@@]43C2)c(F)c1. The van der Waals surface area contributed by atoms with Crippen molar-refractivity contribution in [3.63, 3.8) is 0 Å². The van der Waals surface area contributed by atoms with Gasteiger partial charge < -0.3 is 19.9 Å². The Hall–Kier alpha value is -3.23. The third-order valence-corrected chi connectivity index (χ3v) is 6.75. The Morgan fingerprint density at radius 2 is 2.00 bits per heavy atom. The molecule has 2 bridgehead atoms. The summed E-state index contributed by atoms with van der Waals surface area (Å²) < 4.78 is 29.7. The lowest BCUT2D eigenvalue weighted by Gasteiger charge is -2.36. The monoisotopic (exact) mass is 429 g/mol. The second kappa shape index (κ2) is 6.63. The molecular formula is C22H21F2N3O4. The van der Waals surface area contributed by atoms with Crippen molar-refractivity contribution in [2.24, 2.45) is 5.92 Å². The van der Waals surface area contributed by atoms with E-state index < -0.39 is 46.7 Å². The van der Waals surface area contributed by atoms with Crippen molar-refractivity contribution in [1.82, 2.24) is 14.8 Å². The van der Waals surface area contributed by atoms with E-state index in [1.54, 1.807) is 16.4 Å². The van der Waals surface area contributed by atoms with Gasteiger partial charge in [-0.2, -0.15) is 0 Å². The van der Waals surface area contributed by atoms with Crippen molar-refractivity contribution in [3.05, 3.63) is 62.6 Å². The number of hydrogen-bond acceptors (Lipinski definition) is 4. The van der Waals surface area contributed by atoms with Crippen LogP contribution in [-0.4, -0.2) is 39.5 Å². The zero-order chi connectivity index (χ0) is 22.1. The number of benzene rings is 1. The van der Waals surface area contributed by atoms with Gasteiger partial charge in [0.05, 0.1) is 5.54 Å². The molecule has 1 spiro atoms. The summed E-state index contributed by atoms with van der Waals surface area (Å²) in [7, 11) is 0. The maximum Gasteiger partial charge on any atom is 0.274 e. The fourth-order valence-corrected chi connectivity index (χ4v) is 5.05. The van der Waals surface area contributed by atoms with Crippen molar-refractivity contribution < 1.29 is 23.5 Å². The summed E-state index contributed by atoms with van der Waals surface area (Å²) in [5, 5.41) is 12.9. The molecular weight excluding hydrogens is 408 g/mol. The molecule has 2 N–H and O–H groups in total. The first kappa shape index (κ1) is 19.7. The van der Waals surface area contributed by atoms with Crippen LogP contribution in [0.2, 0.25) is 0 Å². The van der Waals surface area contributed by atoms with Gasteiger partial charge in [-0.1, -0.05) is 0 Å². The number of fused-ring (bicyclic) bond motifs is 2. The maximum absolute atomic E-state index is 14.1. The van der Waals surface area contributed by atoms with E-state index in [1.165, 1.54) is 6.20 Å². The second-order valence-corrected chi connectivity index (χ2v) is 8.70. The third kappa shape index (κ3) is 2.86. The van der Waals surface area contributed by atoms with Crippen LogP contribution in [0.1, 0.15) is 51.2 Å². The van der Waals surface area contributed by atoms with E-state index in [1.807, 2.05) is 0 Å². The topological polar surface area (TPSA) is 91.6 Å². The van der Waals surface area contributed by atoms with Crippen molar-refractivity contribution in [1.29, 1.82) is 0 Å². The highest BCUT2D eigenvalue weighted by Crippen LogP contribution is 2.57. The molecule has 0 unspecified atom stereocenters. The molecule has 1 saturated carbocycles. The highest BCUT2D eigenvalue weighted by molar-refractivity contribution is 5.99. The number of nitrogens with one attached hydrogen (secondary N) is 1. The molecule has 3 aliphatic rings. The van der Waals surface area contributed by atoms with E-state index in [0.717, 1.165) is 31.4 Å². The molecule has 2 aliphatic heterocycles. The van der Waals surface area contributed by atoms with Gasteiger partial charge in [-0.15, -0.1) is 0 Å². The van der Waals surface area contributed by atoms with Gasteiger partial charge in [0.2, 0.25) is 5.43 Å². The smallest absolute Gasteiger partial charge is 0.274 e. The number of nitrogens with zero attached hydrogens (tertiary/aromatic N) is 2. The van der Waals surface area contributed by atoms with Gasteiger partial charge in [0.25, 0.3) is 11.8 Å². The quantitative estimate of drug-likeness (QED) is 0.781. The lowest BCUT2D eigenvalue weighted by atomic mass is 10.0. The predicted octanol–water partition coefficient (Wildman–Crippen LogP) is 2.04. The van der Waals surface area contributed by atoms with Crippen molar-refractivity contribution in [2.45, 2.75) is 38.3 Å². The number of halogens is 2. The van der Waals surface area contributed by atoms with Gasteiger partial charge >= 0.3 is 0 Å². The molecule has 162 valence electrons. The third-order valence-electron chi connectivity index (χ3n) is 6.75. The lowest BCUT2D eigenvalue weighted by Crippen LogP contribution is -2.49. The van der Waals surface area contributed by atoms with Gasteiger partial charge in [0.1, 0.15) is 17.2 Å². The molecule has 7 nitrogen and oxygen atoms in total. The molecule has 3 heterocycles. The number of aryl methyl sites for hydroxylation is 1. The predicted molar refractivity (Wildman–Crippen MR) is 106 cm³/mol. The highest BCUT2D eigenvalue weighted by Gasteiger charge is 2.61. The van der Waals surface area contributed by atoms with Crippen molar-refractivity contribution >= 4 is 11.8 Å². The van der Waals surface area contributed by atoms with Crippen LogP contribution >= 0.6 is 0 Å². The Bertz CT molecular complexity index is 1180. The summed E-state index contributed by atoms with van der Waals surface area (Å²) in [4.78, 5) is 39.9. The summed E-state index contributed by atoms with van der Waals surface area (Å²) in [5.41, 5.74) is -1.77. The second-order valence-electron chi connectivity index (χ2n) is 8.70. The van der Waals surface area contributed by atoms with Gasteiger partial charge in [-0.25, -0.2) is 8.78 Å². The Morgan fingerprint density at radius 1 is 1.29 bits per heavy atom. The number of carbonyl (C=O) groups excluding carboxylic acids is 2. The fourth-order valence-electron chi connectivity index (χ4n) is 5.05. The molecule has 5 rings (SSSR count). The lowest BCUT2D eigenvalue weighted by molar-refractivity contribution is 0.0650. The summed E-state index contributed by atoms with van der Waals surface area (Å²) in [6.07, 6.45) is 3.88. The minimum atomic E-state index is -0.976. The molecule has 2 fully saturated rings. The molecule has 31 heavy (non-hydrogen) atoms. The van der Waals surface area contributed by atoms with Crippen LogP contribution in [0.25, 0.3) is 0 Å². The standard InChI is InChI=1S/C22H21F2N3O4/c1-11-5-15(23)13(16(24)6-11)8-25-20(30)14-9-27-17(19(29)18(14)28)21(31)26-4-2-3-12-7-22(12,27)10-26/h5-6,9,12,29H,2-4,7-8,10H2,1H3,(H,25,30)/t12-,22+/m0/s1. The zero-order valence-corrected chi connectivity index (χ0v) is 16.9. The summed E-state index contributed by atoms with van der Waals surface area (Å²) >= 11 is 0. The average Bonchev–Trinajstić information content (AvgIpc) is 3.41. The first-order valence-electron chi connectivity index (χ1n) is 10.2. The van der Waals surface area contributed by atoms with Crippen LogP contribution < -0.4 is 10.7 Å². The Labute approximate surface area is 176 Å². The van der Waals surface area contributed by atoms with Crippen molar-refractivity contribution in [3.8, 4) is 5.75 Å². The number of aromatic nitrogens is 1. The van der Waals surface area contributed by atoms with Gasteiger partial charge in [-0.3, -0.25) is 14.4 Å². The fraction of sp³-hybridized carbons (Fsp3) is 0.409. The normalized spacial score (nSPS) is 23.6. The van der Waals surface area contributed by atoms with E-state index in [2.05, 4.69) is 5.32 Å². The summed E-state index contributed by atoms with van der Waals surface area (Å²) in [6.45, 7) is 2.14. The number of rotatable bonds is 3. The van der Waals surface area contributed by atoms with Crippen molar-refractivity contribution in [2.75, 3.05) is 13.1 Å². The first-order chi connectivity index (χ1) is 14.7. The van der Waals surface area contributed by atoms with Crippen LogP contribution in [0.4, 0.5) is 8.78 Å². The van der Waals surface area contributed by atoms with E-state index in [4.69, 9.17) is 0 Å². The molecule has 2 atom stereocenters. The number of pyridine rings is 1. The zero-order valence-electron chi connectivity index (χ0n) is 16.9. The van der Waals surface area contributed by atoms with Crippen LogP contribution in [-0.2, 0) is 12.1 Å². The summed E-state index contributed by atoms with van der Waals surface area (Å²) in [5.74, 6) is -3.35. The number of amides is 2. The molecule has 1 aliphatic carbocycles. The maximum atomic E-state index is 14.1. The first-order valence-corrected chi connectivity index (χ1v) is 10.2. The minimum absolute atomic E-state index is 0.0900. The van der Waals surface area contributed by atoms with E-state index in [9.17, 15) is 28.3 Å². The average molecular weight is 429 g/mol. The van der Waals surface area contributed by atoms with Crippen LogP contribution in [0.15, 0.2) is 23.1 Å². The highest BCUT2D eigenvalue weighted by atomic mass is 19.1. The van der Waals surface area contributed by atoms with Gasteiger partial charge in [-0.05, 0) is 49.8 Å². The van der Waals surface area contributed by atoms with E-state index >= 15 is 0 Å². The van der Waals surface area contributed by atoms with E-state index in [-0.39, 0.29) is 16.8 Å². The Morgan fingerprint density at radius 3 is 2.71 bits per heavy atom. The largest absolute Gasteiger partial charge is 0.503 e. The molecule has 1 aromatic heterocycles. The molecule has 2 aromatic rings. The number of carbonyl (C=O) groups is 2. The van der Waals surface area contributed by atoms with Gasteiger partial charge in [0.15, 0.2) is 11.4 Å². The number of aromatic hydroxyl groups is 1. The minimum Gasteiger partial charge on any atom is -0.503 e. The molecule has 1 aromatic carbocycles. The van der Waals surface area contributed by atoms with Crippen LogP contribution in [0, 0.1) is 24.5 Å². The molecule has 0 radical (unpaired) electrons. The van der Waals surface area contributed by atoms with Crippen LogP contribution in [0.5, 0.6) is 5.75 Å². The Kier molecular flexibility index (Phi) is 4.22. The summed E-state index contributed by atoms with van der Waals surface area (Å²) in [6, 6.07) is 2.31. The number of hydrogen-bond donors (Lipinski definition) is 2. The van der Waals surface area contributed by atoms with Gasteiger partial charge in [0, 0.05) is 31.4 Å². The Balaban J connectivity index is 1.51. The molecule has 2 amide bonds. The molecule has 9 heteroatoms. The van der Waals surface area contributed by atoms with Crippen LogP contribution in [0.3, 0.4) is 0 Å². The van der Waals surface area contributed by atoms with E-state index in [0.29, 0.717) is 24.6 Å².